The van der Waals surface area contributed by atoms with E-state index in [4.69, 9.17) is 32.4 Å². The van der Waals surface area contributed by atoms with Crippen molar-refractivity contribution in [1.29, 1.82) is 0 Å². The highest BCUT2D eigenvalue weighted by molar-refractivity contribution is 6.35. The normalized spacial score (nSPS) is 11.0. The first-order valence-corrected chi connectivity index (χ1v) is 8.46. The zero-order valence-corrected chi connectivity index (χ0v) is 15.0. The van der Waals surface area contributed by atoms with Crippen LogP contribution < -0.4 is 5.32 Å². The molecule has 1 heterocycles. The Morgan fingerprint density at radius 3 is 2.68 bits per heavy atom. The Hall–Kier alpha value is -2.08. The number of benzene rings is 2. The van der Waals surface area contributed by atoms with Crippen molar-refractivity contribution in [3.63, 3.8) is 0 Å². The van der Waals surface area contributed by atoms with E-state index >= 15 is 0 Å². The van der Waals surface area contributed by atoms with Gasteiger partial charge in [-0.2, -0.15) is 0 Å². The Morgan fingerprint density at radius 2 is 1.96 bits per heavy atom. The number of fused-ring (bicyclic) bond motifs is 1. The predicted octanol–water partition coefficient (Wildman–Crippen LogP) is 4.57. The number of aromatic nitrogens is 1. The Balaban J connectivity index is 1.83. The number of amides is 1. The lowest BCUT2D eigenvalue weighted by Crippen LogP contribution is -2.25. The first-order valence-electron chi connectivity index (χ1n) is 7.71. The van der Waals surface area contributed by atoms with E-state index in [-0.39, 0.29) is 5.91 Å². The summed E-state index contributed by atoms with van der Waals surface area (Å²) < 4.78 is 10.7. The van der Waals surface area contributed by atoms with Crippen molar-refractivity contribution >= 4 is 40.2 Å². The molecule has 0 unspecified atom stereocenters. The molecular formula is C18H16Cl2N2O3. The lowest BCUT2D eigenvalue weighted by molar-refractivity contribution is 0.0948. The highest BCUT2D eigenvalue weighted by Gasteiger charge is 2.12. The third-order valence-corrected chi connectivity index (χ3v) is 4.01. The van der Waals surface area contributed by atoms with E-state index < -0.39 is 0 Å². The van der Waals surface area contributed by atoms with Crippen molar-refractivity contribution in [1.82, 2.24) is 10.3 Å². The maximum absolute atomic E-state index is 12.2. The van der Waals surface area contributed by atoms with Crippen molar-refractivity contribution < 1.29 is 13.9 Å². The minimum Gasteiger partial charge on any atom is -0.436 e. The summed E-state index contributed by atoms with van der Waals surface area (Å²) in [5, 5.41) is 3.84. The summed E-state index contributed by atoms with van der Waals surface area (Å²) in [7, 11) is 1.63. The SMILES string of the molecule is COCCCNC(=O)c1ccc2nc(-c3cc(Cl)cc(Cl)c3)oc2c1. The summed E-state index contributed by atoms with van der Waals surface area (Å²) in [6, 6.07) is 10.2. The third-order valence-electron chi connectivity index (χ3n) is 3.57. The summed E-state index contributed by atoms with van der Waals surface area (Å²) in [5.74, 6) is 0.235. The van der Waals surface area contributed by atoms with Crippen LogP contribution in [0.15, 0.2) is 40.8 Å². The first kappa shape index (κ1) is 17.7. The molecular weight excluding hydrogens is 363 g/mol. The van der Waals surface area contributed by atoms with Gasteiger partial charge in [-0.3, -0.25) is 4.79 Å². The van der Waals surface area contributed by atoms with E-state index in [0.717, 1.165) is 6.42 Å². The van der Waals surface area contributed by atoms with Crippen LogP contribution in [-0.4, -0.2) is 31.2 Å². The number of ether oxygens (including phenoxy) is 1. The summed E-state index contributed by atoms with van der Waals surface area (Å²) in [6.45, 7) is 1.15. The molecule has 130 valence electrons. The molecule has 25 heavy (non-hydrogen) atoms. The van der Waals surface area contributed by atoms with Crippen LogP contribution in [-0.2, 0) is 4.74 Å². The van der Waals surface area contributed by atoms with Gasteiger partial charge in [0, 0.05) is 41.4 Å². The molecule has 3 aromatic rings. The van der Waals surface area contributed by atoms with E-state index in [2.05, 4.69) is 10.3 Å². The smallest absolute Gasteiger partial charge is 0.251 e. The minimum absolute atomic E-state index is 0.165. The maximum atomic E-state index is 12.2. The van der Waals surface area contributed by atoms with Crippen LogP contribution in [0.3, 0.4) is 0 Å². The van der Waals surface area contributed by atoms with Crippen molar-refractivity contribution in [2.75, 3.05) is 20.3 Å². The molecule has 0 fully saturated rings. The van der Waals surface area contributed by atoms with Crippen LogP contribution in [0.2, 0.25) is 10.0 Å². The van der Waals surface area contributed by atoms with E-state index in [0.29, 0.717) is 51.3 Å². The zero-order chi connectivity index (χ0) is 17.8. The van der Waals surface area contributed by atoms with Gasteiger partial charge in [0.25, 0.3) is 5.91 Å². The van der Waals surface area contributed by atoms with Gasteiger partial charge < -0.3 is 14.5 Å². The molecule has 0 radical (unpaired) electrons. The number of hydrogen-bond acceptors (Lipinski definition) is 4. The Labute approximate surface area is 154 Å². The van der Waals surface area contributed by atoms with Crippen molar-refractivity contribution in [2.24, 2.45) is 0 Å². The molecule has 7 heteroatoms. The zero-order valence-electron chi connectivity index (χ0n) is 13.5. The lowest BCUT2D eigenvalue weighted by Gasteiger charge is -2.04. The predicted molar refractivity (Wildman–Crippen MR) is 98.3 cm³/mol. The number of oxazole rings is 1. The van der Waals surface area contributed by atoms with Crippen LogP contribution in [0.25, 0.3) is 22.6 Å². The molecule has 0 atom stereocenters. The second-order valence-electron chi connectivity index (χ2n) is 5.46. The molecule has 1 N–H and O–H groups in total. The number of methoxy groups -OCH3 is 1. The molecule has 0 spiro atoms. The molecule has 3 rings (SSSR count). The molecule has 1 amide bonds. The van der Waals surface area contributed by atoms with Crippen LogP contribution in [0.4, 0.5) is 0 Å². The fourth-order valence-corrected chi connectivity index (χ4v) is 2.91. The number of nitrogens with zero attached hydrogens (tertiary/aromatic N) is 1. The van der Waals surface area contributed by atoms with E-state index in [1.165, 1.54) is 0 Å². The monoisotopic (exact) mass is 378 g/mol. The van der Waals surface area contributed by atoms with Gasteiger partial charge in [-0.05, 0) is 42.8 Å². The van der Waals surface area contributed by atoms with Crippen LogP contribution in [0, 0.1) is 0 Å². The van der Waals surface area contributed by atoms with Gasteiger partial charge in [0.05, 0.1) is 0 Å². The number of carbonyl (C=O) groups is 1. The molecule has 0 saturated carbocycles. The van der Waals surface area contributed by atoms with Gasteiger partial charge in [-0.15, -0.1) is 0 Å². The van der Waals surface area contributed by atoms with Gasteiger partial charge in [0.15, 0.2) is 5.58 Å². The number of carbonyl (C=O) groups excluding carboxylic acids is 1. The standard InChI is InChI=1S/C18H16Cl2N2O3/c1-24-6-2-5-21-17(23)11-3-4-15-16(9-11)25-18(22-15)12-7-13(19)10-14(20)8-12/h3-4,7-10H,2,5-6H2,1H3,(H,21,23). The number of hydrogen-bond donors (Lipinski definition) is 1. The fraction of sp³-hybridized carbons (Fsp3) is 0.222. The average Bonchev–Trinajstić information content (AvgIpc) is 3.01. The number of halogens is 2. The molecule has 0 aliphatic heterocycles. The van der Waals surface area contributed by atoms with Crippen LogP contribution in [0.5, 0.6) is 0 Å². The van der Waals surface area contributed by atoms with E-state index in [9.17, 15) is 4.79 Å². The largest absolute Gasteiger partial charge is 0.436 e. The van der Waals surface area contributed by atoms with Crippen molar-refractivity contribution in [3.05, 3.63) is 52.0 Å². The summed E-state index contributed by atoms with van der Waals surface area (Å²) in [6.07, 6.45) is 0.756. The third kappa shape index (κ3) is 4.31. The lowest BCUT2D eigenvalue weighted by atomic mass is 10.2. The molecule has 1 aromatic heterocycles. The van der Waals surface area contributed by atoms with Gasteiger partial charge in [-0.25, -0.2) is 4.98 Å². The van der Waals surface area contributed by atoms with Crippen LogP contribution >= 0.6 is 23.2 Å². The molecule has 5 nitrogen and oxygen atoms in total. The van der Waals surface area contributed by atoms with Crippen molar-refractivity contribution in [2.45, 2.75) is 6.42 Å². The second-order valence-corrected chi connectivity index (χ2v) is 6.33. The van der Waals surface area contributed by atoms with E-state index in [1.807, 2.05) is 0 Å². The summed E-state index contributed by atoms with van der Waals surface area (Å²) in [4.78, 5) is 16.6. The Morgan fingerprint density at radius 1 is 1.20 bits per heavy atom. The molecule has 0 aliphatic carbocycles. The summed E-state index contributed by atoms with van der Waals surface area (Å²) >= 11 is 12.0. The molecule has 0 aliphatic rings. The average molecular weight is 379 g/mol. The minimum atomic E-state index is -0.165. The Kier molecular flexibility index (Phi) is 5.58. The van der Waals surface area contributed by atoms with E-state index in [1.54, 1.807) is 43.5 Å². The highest BCUT2D eigenvalue weighted by Crippen LogP contribution is 2.29. The Bertz CT molecular complexity index is 888. The van der Waals surface area contributed by atoms with Gasteiger partial charge >= 0.3 is 0 Å². The highest BCUT2D eigenvalue weighted by atomic mass is 35.5. The van der Waals surface area contributed by atoms with Crippen molar-refractivity contribution in [3.8, 4) is 11.5 Å². The maximum Gasteiger partial charge on any atom is 0.251 e. The summed E-state index contributed by atoms with van der Waals surface area (Å²) in [5.41, 5.74) is 2.37. The molecule has 2 aromatic carbocycles. The quantitative estimate of drug-likeness (QED) is 0.638. The fourth-order valence-electron chi connectivity index (χ4n) is 2.39. The number of rotatable bonds is 6. The molecule has 0 bridgehead atoms. The number of nitrogens with one attached hydrogen (secondary N) is 1. The first-order chi connectivity index (χ1) is 12.1. The van der Waals surface area contributed by atoms with Crippen LogP contribution in [0.1, 0.15) is 16.8 Å². The topological polar surface area (TPSA) is 64.4 Å². The molecule has 0 saturated heterocycles. The second kappa shape index (κ2) is 7.87. The van der Waals surface area contributed by atoms with Gasteiger partial charge in [0.1, 0.15) is 5.52 Å². The van der Waals surface area contributed by atoms with Gasteiger partial charge in [0.2, 0.25) is 5.89 Å². The van der Waals surface area contributed by atoms with Gasteiger partial charge in [-0.1, -0.05) is 23.2 Å².